The van der Waals surface area contributed by atoms with Crippen LogP contribution >= 0.6 is 11.6 Å². The predicted octanol–water partition coefficient (Wildman–Crippen LogP) is 5.81. The Kier molecular flexibility index (Phi) is 11.2. The first-order valence-electron chi connectivity index (χ1n) is 11.9. The van der Waals surface area contributed by atoms with Gasteiger partial charge >= 0.3 is 6.18 Å². The van der Waals surface area contributed by atoms with Crippen LogP contribution in [0.5, 0.6) is 0 Å². The van der Waals surface area contributed by atoms with E-state index in [0.29, 0.717) is 49.5 Å². The molecule has 3 rings (SSSR count). The highest BCUT2D eigenvalue weighted by Gasteiger charge is 2.36. The van der Waals surface area contributed by atoms with Crippen molar-refractivity contribution in [1.29, 1.82) is 0 Å². The summed E-state index contributed by atoms with van der Waals surface area (Å²) in [6, 6.07) is 2.36. The molecule has 1 aliphatic heterocycles. The SMILES string of the molecule is C=C/C(=C\C=C\Cl)c1nc(N(C)CCC)nc(N2CCN(c3ncccc3C(F)(F)F)CC2)n1.CC. The van der Waals surface area contributed by atoms with E-state index in [4.69, 9.17) is 11.6 Å². The molecule has 0 amide bonds. The Morgan fingerprint density at radius 2 is 1.81 bits per heavy atom. The van der Waals surface area contributed by atoms with Crippen LogP contribution in [0.15, 0.2) is 48.7 Å². The minimum absolute atomic E-state index is 0.0564. The maximum absolute atomic E-state index is 13.4. The number of piperazine rings is 1. The lowest BCUT2D eigenvalue weighted by Gasteiger charge is -2.36. The lowest BCUT2D eigenvalue weighted by molar-refractivity contribution is -0.137. The topological polar surface area (TPSA) is 61.3 Å². The third kappa shape index (κ3) is 7.43. The molecule has 1 aliphatic rings. The van der Waals surface area contributed by atoms with Gasteiger partial charge in [0.2, 0.25) is 11.9 Å². The number of alkyl halides is 3. The van der Waals surface area contributed by atoms with Crippen molar-refractivity contribution >= 4 is 34.9 Å². The second kappa shape index (κ2) is 13.8. The molecule has 0 saturated carbocycles. The summed E-state index contributed by atoms with van der Waals surface area (Å²) >= 11 is 5.66. The van der Waals surface area contributed by atoms with Crippen molar-refractivity contribution in [2.45, 2.75) is 33.4 Å². The van der Waals surface area contributed by atoms with Gasteiger partial charge in [-0.15, -0.1) is 0 Å². The molecule has 0 atom stereocenters. The van der Waals surface area contributed by atoms with E-state index in [1.54, 1.807) is 23.1 Å². The second-order valence-electron chi connectivity index (χ2n) is 7.67. The van der Waals surface area contributed by atoms with Crippen LogP contribution in [0.3, 0.4) is 0 Å². The quantitative estimate of drug-likeness (QED) is 0.405. The fourth-order valence-electron chi connectivity index (χ4n) is 3.59. The van der Waals surface area contributed by atoms with Crippen LogP contribution in [0.1, 0.15) is 38.6 Å². The number of anilines is 3. The second-order valence-corrected chi connectivity index (χ2v) is 7.92. The van der Waals surface area contributed by atoms with E-state index in [9.17, 15) is 13.2 Å². The van der Waals surface area contributed by atoms with Crippen molar-refractivity contribution in [3.63, 3.8) is 0 Å². The van der Waals surface area contributed by atoms with Gasteiger partial charge in [0.25, 0.3) is 0 Å². The molecule has 0 bridgehead atoms. The largest absolute Gasteiger partial charge is 0.419 e. The first-order chi connectivity index (χ1) is 17.3. The number of allylic oxidation sites excluding steroid dienone is 4. The molecule has 2 aromatic rings. The van der Waals surface area contributed by atoms with Crippen molar-refractivity contribution < 1.29 is 13.2 Å². The molecule has 11 heteroatoms. The van der Waals surface area contributed by atoms with Crippen molar-refractivity contribution in [1.82, 2.24) is 19.9 Å². The Balaban J connectivity index is 0.00000222. The zero-order valence-corrected chi connectivity index (χ0v) is 21.9. The van der Waals surface area contributed by atoms with Gasteiger partial charge in [-0.25, -0.2) is 4.98 Å². The van der Waals surface area contributed by atoms with E-state index in [0.717, 1.165) is 19.0 Å². The van der Waals surface area contributed by atoms with Gasteiger partial charge in [-0.05, 0) is 18.6 Å². The number of hydrogen-bond donors (Lipinski definition) is 0. The van der Waals surface area contributed by atoms with E-state index in [1.807, 2.05) is 30.7 Å². The molecule has 1 fully saturated rings. The van der Waals surface area contributed by atoms with E-state index < -0.39 is 11.7 Å². The molecule has 0 unspecified atom stereocenters. The number of rotatable bonds is 8. The summed E-state index contributed by atoms with van der Waals surface area (Å²) in [4.78, 5) is 23.4. The van der Waals surface area contributed by atoms with Crippen molar-refractivity contribution in [3.05, 3.63) is 60.1 Å². The maximum atomic E-state index is 13.4. The zero-order chi connectivity index (χ0) is 26.7. The highest BCUT2D eigenvalue weighted by atomic mass is 35.5. The molecule has 196 valence electrons. The van der Waals surface area contributed by atoms with E-state index in [-0.39, 0.29) is 5.82 Å². The summed E-state index contributed by atoms with van der Waals surface area (Å²) in [5.41, 5.74) is 1.32. The van der Waals surface area contributed by atoms with Gasteiger partial charge in [0.05, 0.1) is 5.56 Å². The van der Waals surface area contributed by atoms with Gasteiger partial charge in [-0.2, -0.15) is 28.1 Å². The average Bonchev–Trinajstić information content (AvgIpc) is 2.90. The third-order valence-corrected chi connectivity index (χ3v) is 5.44. The number of aromatic nitrogens is 4. The molecular weight excluding hydrogens is 491 g/mol. The van der Waals surface area contributed by atoms with Gasteiger partial charge in [0, 0.05) is 57.1 Å². The third-order valence-electron chi connectivity index (χ3n) is 5.29. The van der Waals surface area contributed by atoms with Crippen LogP contribution in [0.4, 0.5) is 30.9 Å². The normalized spacial score (nSPS) is 14.5. The van der Waals surface area contributed by atoms with Crippen LogP contribution in [0.2, 0.25) is 0 Å². The standard InChI is InChI=1S/C23H27ClF3N7.C2H6/c1-4-12-32(3)21-29-19(17(5-2)8-6-10-24)30-22(31-21)34-15-13-33(14-16-34)20-18(23(25,26)27)9-7-11-28-20;1-2/h5-11H,2,4,12-16H2,1,3H3;1-2H3/b10-6+,17-8+;. The van der Waals surface area contributed by atoms with E-state index in [1.165, 1.54) is 17.8 Å². The summed E-state index contributed by atoms with van der Waals surface area (Å²) in [6.07, 6.45) is 2.87. The Bertz CT molecular complexity index is 1050. The molecule has 0 aliphatic carbocycles. The summed E-state index contributed by atoms with van der Waals surface area (Å²) in [6.45, 7) is 12.2. The van der Waals surface area contributed by atoms with Crippen molar-refractivity contribution in [3.8, 4) is 0 Å². The van der Waals surface area contributed by atoms with Crippen LogP contribution < -0.4 is 14.7 Å². The summed E-state index contributed by atoms with van der Waals surface area (Å²) < 4.78 is 40.3. The van der Waals surface area contributed by atoms with Crippen LogP contribution in [0.25, 0.3) is 5.57 Å². The monoisotopic (exact) mass is 523 g/mol. The summed E-state index contributed by atoms with van der Waals surface area (Å²) in [5.74, 6) is 1.36. The molecule has 0 N–H and O–H groups in total. The molecule has 2 aromatic heterocycles. The van der Waals surface area contributed by atoms with Crippen LogP contribution in [-0.4, -0.2) is 59.7 Å². The molecule has 0 aromatic carbocycles. The number of halogens is 4. The van der Waals surface area contributed by atoms with Gasteiger partial charge in [-0.3, -0.25) is 0 Å². The van der Waals surface area contributed by atoms with Crippen molar-refractivity contribution in [2.75, 3.05) is 54.5 Å². The minimum Gasteiger partial charge on any atom is -0.353 e. The summed E-state index contributed by atoms with van der Waals surface area (Å²) in [5, 5.41) is 0. The minimum atomic E-state index is -4.46. The molecule has 1 saturated heterocycles. The van der Waals surface area contributed by atoms with Gasteiger partial charge in [-0.1, -0.05) is 57.2 Å². The number of pyridine rings is 1. The lowest BCUT2D eigenvalue weighted by Crippen LogP contribution is -2.48. The number of hydrogen-bond acceptors (Lipinski definition) is 7. The summed E-state index contributed by atoms with van der Waals surface area (Å²) in [7, 11) is 1.90. The fraction of sp³-hybridized carbons (Fsp3) is 0.440. The Morgan fingerprint density at radius 3 is 2.39 bits per heavy atom. The smallest absolute Gasteiger partial charge is 0.353 e. The van der Waals surface area contributed by atoms with Crippen LogP contribution in [-0.2, 0) is 6.18 Å². The predicted molar refractivity (Wildman–Crippen MR) is 142 cm³/mol. The molecule has 0 spiro atoms. The zero-order valence-electron chi connectivity index (χ0n) is 21.1. The number of nitrogens with zero attached hydrogens (tertiary/aromatic N) is 7. The van der Waals surface area contributed by atoms with Crippen molar-refractivity contribution in [2.24, 2.45) is 0 Å². The van der Waals surface area contributed by atoms with E-state index in [2.05, 4.69) is 33.4 Å². The van der Waals surface area contributed by atoms with Crippen LogP contribution in [0, 0.1) is 0 Å². The first-order valence-corrected chi connectivity index (χ1v) is 12.3. The Morgan fingerprint density at radius 1 is 1.14 bits per heavy atom. The maximum Gasteiger partial charge on any atom is 0.419 e. The lowest BCUT2D eigenvalue weighted by atomic mass is 10.2. The molecule has 0 radical (unpaired) electrons. The molecule has 36 heavy (non-hydrogen) atoms. The van der Waals surface area contributed by atoms with Gasteiger partial charge in [0.15, 0.2) is 5.82 Å². The molecule has 7 nitrogen and oxygen atoms in total. The van der Waals surface area contributed by atoms with Gasteiger partial charge in [0.1, 0.15) is 5.82 Å². The fourth-order valence-corrected chi connectivity index (χ4v) is 3.67. The first kappa shape index (κ1) is 29.1. The Labute approximate surface area is 216 Å². The van der Waals surface area contributed by atoms with Gasteiger partial charge < -0.3 is 14.7 Å². The average molecular weight is 524 g/mol. The molecule has 3 heterocycles. The highest BCUT2D eigenvalue weighted by molar-refractivity contribution is 6.25. The Hall–Kier alpha value is -3.14. The van der Waals surface area contributed by atoms with E-state index >= 15 is 0 Å². The highest BCUT2D eigenvalue weighted by Crippen LogP contribution is 2.35. The molecular formula is C25H33ClF3N7.